The zero-order chi connectivity index (χ0) is 23.6. The number of nitrogens with two attached hydrogens (primary N) is 1. The van der Waals surface area contributed by atoms with Gasteiger partial charge in [-0.25, -0.2) is 4.98 Å². The lowest BCUT2D eigenvalue weighted by Gasteiger charge is -2.11. The van der Waals surface area contributed by atoms with Gasteiger partial charge in [0.1, 0.15) is 11.9 Å². The Bertz CT molecular complexity index is 1240. The van der Waals surface area contributed by atoms with Crippen LogP contribution in [0, 0.1) is 0 Å². The van der Waals surface area contributed by atoms with Crippen LogP contribution < -0.4 is 11.1 Å². The first-order valence-corrected chi connectivity index (χ1v) is 11.0. The summed E-state index contributed by atoms with van der Waals surface area (Å²) in [5.41, 5.74) is 12.2. The van der Waals surface area contributed by atoms with Crippen molar-refractivity contribution in [2.45, 2.75) is 12.8 Å². The van der Waals surface area contributed by atoms with E-state index in [0.29, 0.717) is 18.8 Å². The molecule has 0 radical (unpaired) electrons. The van der Waals surface area contributed by atoms with Crippen molar-refractivity contribution in [3.8, 4) is 22.4 Å². The minimum atomic E-state index is -0.899. The number of aliphatic hydroxyl groups excluding tert-OH is 1. The Balaban J connectivity index is 1.48. The summed E-state index contributed by atoms with van der Waals surface area (Å²) < 4.78 is 0. The average molecular weight is 451 g/mol. The first kappa shape index (κ1) is 23.1. The maximum Gasteiger partial charge on any atom is 0.149 e. The van der Waals surface area contributed by atoms with Crippen LogP contribution in [-0.2, 0) is 6.54 Å². The molecule has 34 heavy (non-hydrogen) atoms. The molecular formula is C27H26N6O. The second-order valence-corrected chi connectivity index (χ2v) is 7.49. The Morgan fingerprint density at radius 3 is 2.53 bits per heavy atom. The van der Waals surface area contributed by atoms with E-state index in [1.807, 2.05) is 42.5 Å². The van der Waals surface area contributed by atoms with E-state index < -0.39 is 6.23 Å². The van der Waals surface area contributed by atoms with Gasteiger partial charge in [-0.1, -0.05) is 60.7 Å². The molecular weight excluding hydrogens is 424 g/mol. The van der Waals surface area contributed by atoms with Gasteiger partial charge >= 0.3 is 0 Å². The molecule has 2 aromatic carbocycles. The van der Waals surface area contributed by atoms with Gasteiger partial charge in [0.15, 0.2) is 0 Å². The molecule has 0 aliphatic rings. The predicted molar refractivity (Wildman–Crippen MR) is 136 cm³/mol. The Kier molecular flexibility index (Phi) is 7.97. The fourth-order valence-corrected chi connectivity index (χ4v) is 3.39. The van der Waals surface area contributed by atoms with Crippen LogP contribution in [0.15, 0.2) is 96.5 Å². The number of aliphatic hydroxyl groups is 1. The quantitative estimate of drug-likeness (QED) is 0.263. The first-order chi connectivity index (χ1) is 16.7. The minimum Gasteiger partial charge on any atom is -0.373 e. The number of nitrogens with one attached hydrogen (secondary N) is 1. The molecule has 1 atom stereocenters. The summed E-state index contributed by atoms with van der Waals surface area (Å²) in [6, 6.07) is 22.4. The topological polar surface area (TPSA) is 109 Å². The van der Waals surface area contributed by atoms with Gasteiger partial charge in [-0.15, -0.1) is 0 Å². The number of aromatic nitrogens is 3. The Morgan fingerprint density at radius 1 is 0.971 bits per heavy atom. The summed E-state index contributed by atoms with van der Waals surface area (Å²) in [5.74, 6) is 0. The molecule has 0 aliphatic carbocycles. The van der Waals surface area contributed by atoms with E-state index in [4.69, 9.17) is 10.7 Å². The van der Waals surface area contributed by atoms with Gasteiger partial charge in [0.05, 0.1) is 17.6 Å². The van der Waals surface area contributed by atoms with Crippen LogP contribution in [0.5, 0.6) is 0 Å². The summed E-state index contributed by atoms with van der Waals surface area (Å²) >= 11 is 0. The lowest BCUT2D eigenvalue weighted by atomic mass is 9.98. The molecule has 7 heteroatoms. The molecule has 0 spiro atoms. The van der Waals surface area contributed by atoms with Gasteiger partial charge in [-0.2, -0.15) is 0 Å². The Labute approximate surface area is 198 Å². The van der Waals surface area contributed by atoms with Crippen molar-refractivity contribution in [1.82, 2.24) is 20.3 Å². The van der Waals surface area contributed by atoms with Crippen molar-refractivity contribution in [2.24, 2.45) is 10.7 Å². The minimum absolute atomic E-state index is 0.376. The molecule has 170 valence electrons. The molecule has 2 aromatic heterocycles. The van der Waals surface area contributed by atoms with E-state index >= 15 is 0 Å². The molecule has 4 N–H and O–H groups in total. The molecule has 2 heterocycles. The van der Waals surface area contributed by atoms with E-state index in [2.05, 4.69) is 50.6 Å². The summed E-state index contributed by atoms with van der Waals surface area (Å²) in [5, 5.41) is 12.9. The van der Waals surface area contributed by atoms with Gasteiger partial charge in [0, 0.05) is 49.0 Å². The molecule has 0 amide bonds. The molecule has 1 unspecified atom stereocenters. The lowest BCUT2D eigenvalue weighted by molar-refractivity contribution is 0.140. The van der Waals surface area contributed by atoms with E-state index in [9.17, 15) is 5.11 Å². The third-order valence-corrected chi connectivity index (χ3v) is 5.17. The third kappa shape index (κ3) is 6.05. The van der Waals surface area contributed by atoms with Crippen molar-refractivity contribution in [2.75, 3.05) is 6.54 Å². The molecule has 0 fully saturated rings. The fourth-order valence-electron chi connectivity index (χ4n) is 3.39. The molecule has 0 saturated heterocycles. The third-order valence-electron chi connectivity index (χ3n) is 5.17. The highest BCUT2D eigenvalue weighted by atomic mass is 16.3. The van der Waals surface area contributed by atoms with Crippen molar-refractivity contribution in [1.29, 1.82) is 0 Å². The second kappa shape index (κ2) is 11.7. The summed E-state index contributed by atoms with van der Waals surface area (Å²) in [7, 11) is 0. The van der Waals surface area contributed by atoms with Gasteiger partial charge in [0.2, 0.25) is 0 Å². The summed E-state index contributed by atoms with van der Waals surface area (Å²) in [6.07, 6.45) is 8.91. The molecule has 7 nitrogen and oxygen atoms in total. The van der Waals surface area contributed by atoms with Crippen LogP contribution in [-0.4, -0.2) is 32.8 Å². The van der Waals surface area contributed by atoms with E-state index in [0.717, 1.165) is 33.6 Å². The van der Waals surface area contributed by atoms with Crippen molar-refractivity contribution in [3.63, 3.8) is 0 Å². The van der Waals surface area contributed by atoms with Crippen LogP contribution >= 0.6 is 0 Å². The predicted octanol–water partition coefficient (Wildman–Crippen LogP) is 3.99. The van der Waals surface area contributed by atoms with Gasteiger partial charge in [-0.05, 0) is 23.3 Å². The number of rotatable bonds is 9. The highest BCUT2D eigenvalue weighted by Crippen LogP contribution is 2.31. The standard InChI is InChI=1S/C27H26N6O/c28-18-20-6-8-22(9-7-20)26-24(21-4-2-1-3-5-21)11-10-23(33-26)12-13-29-14-17-32-27(34)25-19-30-15-16-31-25/h1-16,19,27,32,34H,17-18,28H2/b13-12-,29-14?. The normalized spacial score (nSPS) is 12.4. The smallest absolute Gasteiger partial charge is 0.149 e. The Hall–Kier alpha value is -4.04. The largest absolute Gasteiger partial charge is 0.373 e. The maximum absolute atomic E-state index is 10.0. The van der Waals surface area contributed by atoms with Crippen LogP contribution in [0.2, 0.25) is 0 Å². The second-order valence-electron chi connectivity index (χ2n) is 7.49. The van der Waals surface area contributed by atoms with Crippen LogP contribution in [0.25, 0.3) is 28.5 Å². The van der Waals surface area contributed by atoms with Crippen molar-refractivity contribution in [3.05, 3.63) is 108 Å². The highest BCUT2D eigenvalue weighted by molar-refractivity contribution is 5.81. The number of benzene rings is 2. The van der Waals surface area contributed by atoms with E-state index in [1.54, 1.807) is 18.6 Å². The molecule has 0 aliphatic heterocycles. The highest BCUT2D eigenvalue weighted by Gasteiger charge is 2.10. The van der Waals surface area contributed by atoms with Crippen LogP contribution in [0.1, 0.15) is 23.2 Å². The van der Waals surface area contributed by atoms with E-state index in [1.165, 1.54) is 12.4 Å². The van der Waals surface area contributed by atoms with Gasteiger partial charge in [0.25, 0.3) is 0 Å². The molecule has 0 saturated carbocycles. The number of hydrogen-bond acceptors (Lipinski definition) is 7. The average Bonchev–Trinajstić information content (AvgIpc) is 2.91. The zero-order valence-electron chi connectivity index (χ0n) is 18.6. The number of nitrogens with zero attached hydrogens (tertiary/aromatic N) is 4. The number of aliphatic imine (C=N–C) groups is 1. The molecule has 4 rings (SSSR count). The molecule has 0 bridgehead atoms. The van der Waals surface area contributed by atoms with E-state index in [-0.39, 0.29) is 0 Å². The summed E-state index contributed by atoms with van der Waals surface area (Å²) in [6.45, 7) is 0.881. The SMILES string of the molecule is NCc1ccc(-c2nc(/C=C\N=CCNC(O)c3cnccn3)ccc2-c2ccccc2)cc1. The monoisotopic (exact) mass is 450 g/mol. The fraction of sp³-hybridized carbons (Fsp3) is 0.111. The van der Waals surface area contributed by atoms with Crippen molar-refractivity contribution < 1.29 is 5.11 Å². The molecule has 4 aromatic rings. The van der Waals surface area contributed by atoms with Gasteiger partial charge in [-0.3, -0.25) is 20.3 Å². The first-order valence-electron chi connectivity index (χ1n) is 11.0. The van der Waals surface area contributed by atoms with Crippen LogP contribution in [0.4, 0.5) is 0 Å². The Morgan fingerprint density at radius 2 is 1.79 bits per heavy atom. The number of pyridine rings is 1. The number of hydrogen-bond donors (Lipinski definition) is 3. The van der Waals surface area contributed by atoms with Gasteiger partial charge < -0.3 is 10.8 Å². The maximum atomic E-state index is 10.0. The zero-order valence-corrected chi connectivity index (χ0v) is 18.6. The summed E-state index contributed by atoms with van der Waals surface area (Å²) in [4.78, 5) is 17.2. The van der Waals surface area contributed by atoms with Crippen molar-refractivity contribution >= 4 is 12.3 Å². The lowest BCUT2D eigenvalue weighted by Crippen LogP contribution is -2.23. The van der Waals surface area contributed by atoms with Crippen LogP contribution in [0.3, 0.4) is 0 Å².